The first-order valence-corrected chi connectivity index (χ1v) is 13.7. The maximum atomic E-state index is 12.4. The van der Waals surface area contributed by atoms with Crippen LogP contribution in [0.4, 0.5) is 0 Å². The lowest BCUT2D eigenvalue weighted by Gasteiger charge is -2.41. The molecular weight excluding hydrogens is 490 g/mol. The first-order valence-electron chi connectivity index (χ1n) is 13.7. The summed E-state index contributed by atoms with van der Waals surface area (Å²) in [5.41, 5.74) is 9.83. The lowest BCUT2D eigenvalue weighted by atomic mass is 9.84. The number of aromatic nitrogens is 2. The summed E-state index contributed by atoms with van der Waals surface area (Å²) in [6.07, 6.45) is 6.10. The highest BCUT2D eigenvalue weighted by Gasteiger charge is 2.39. The molecule has 1 saturated heterocycles. The van der Waals surface area contributed by atoms with Crippen molar-refractivity contribution in [3.63, 3.8) is 0 Å². The molecule has 1 aliphatic carbocycles. The Morgan fingerprint density at radius 1 is 1.13 bits per heavy atom. The Balaban J connectivity index is 1.28. The number of carbonyl (C=O) groups is 2. The van der Waals surface area contributed by atoms with Crippen molar-refractivity contribution < 1.29 is 14.7 Å². The molecule has 2 aromatic carbocycles. The number of phenols is 1. The molecule has 0 atom stereocenters. The third-order valence-corrected chi connectivity index (χ3v) is 8.25. The molecule has 0 radical (unpaired) electrons. The Morgan fingerprint density at radius 2 is 1.82 bits per heavy atom. The van der Waals surface area contributed by atoms with E-state index in [0.29, 0.717) is 25.1 Å². The van der Waals surface area contributed by atoms with Crippen LogP contribution in [0.25, 0.3) is 11.1 Å². The van der Waals surface area contributed by atoms with Gasteiger partial charge in [0.05, 0.1) is 35.7 Å². The molecule has 3 aromatic rings. The van der Waals surface area contributed by atoms with E-state index in [2.05, 4.69) is 41.2 Å². The number of aryl methyl sites for hydroxylation is 1. The van der Waals surface area contributed by atoms with Crippen LogP contribution >= 0.6 is 0 Å². The minimum atomic E-state index is -0.603. The number of benzene rings is 2. The van der Waals surface area contributed by atoms with Crippen molar-refractivity contribution in [3.8, 4) is 22.9 Å². The number of hydrogen-bond donors (Lipinski definition) is 2. The van der Waals surface area contributed by atoms with Gasteiger partial charge in [-0.2, -0.15) is 10.4 Å². The maximum Gasteiger partial charge on any atom is 0.252 e. The van der Waals surface area contributed by atoms with Gasteiger partial charge in [-0.05, 0) is 54.9 Å². The molecule has 0 bridgehead atoms. The highest BCUT2D eigenvalue weighted by atomic mass is 16.3. The number of piperidine rings is 1. The van der Waals surface area contributed by atoms with Gasteiger partial charge in [0.1, 0.15) is 11.5 Å². The van der Waals surface area contributed by atoms with Crippen LogP contribution in [0.3, 0.4) is 0 Å². The number of ketones is 1. The second-order valence-electron chi connectivity index (χ2n) is 11.0. The van der Waals surface area contributed by atoms with Crippen molar-refractivity contribution >= 4 is 11.7 Å². The van der Waals surface area contributed by atoms with Crippen molar-refractivity contribution in [1.82, 2.24) is 14.7 Å². The summed E-state index contributed by atoms with van der Waals surface area (Å²) in [7, 11) is 0. The minimum absolute atomic E-state index is 0.0716. The first kappa shape index (κ1) is 26.6. The SMILES string of the molecule is CCc1ccc(-c2ccc(CN3CCC(CC#N)(n4cc(C(N)=O)c(CC(=O)C5CC5)n4)CC3)cc2O)cc1. The highest BCUT2D eigenvalue weighted by molar-refractivity contribution is 5.95. The Morgan fingerprint density at radius 3 is 2.41 bits per heavy atom. The van der Waals surface area contributed by atoms with Gasteiger partial charge >= 0.3 is 0 Å². The Hall–Kier alpha value is -3.96. The molecule has 1 aliphatic heterocycles. The number of likely N-dealkylation sites (tertiary alicyclic amines) is 1. The molecule has 2 heterocycles. The third-order valence-electron chi connectivity index (χ3n) is 8.25. The molecule has 2 fully saturated rings. The van der Waals surface area contributed by atoms with Gasteiger partial charge in [0, 0.05) is 37.3 Å². The van der Waals surface area contributed by atoms with Gasteiger partial charge in [0.15, 0.2) is 0 Å². The zero-order valence-electron chi connectivity index (χ0n) is 22.4. The fourth-order valence-electron chi connectivity index (χ4n) is 5.56. The fraction of sp³-hybridized carbons (Fsp3) is 0.419. The van der Waals surface area contributed by atoms with E-state index in [1.807, 2.05) is 24.3 Å². The quantitative estimate of drug-likeness (QED) is 0.406. The summed E-state index contributed by atoms with van der Waals surface area (Å²) < 4.78 is 1.73. The molecule has 8 heteroatoms. The first-order chi connectivity index (χ1) is 18.8. The molecule has 3 N–H and O–H groups in total. The fourth-order valence-corrected chi connectivity index (χ4v) is 5.56. The highest BCUT2D eigenvalue weighted by Crippen LogP contribution is 2.36. The topological polar surface area (TPSA) is 125 Å². The van der Waals surface area contributed by atoms with Crippen molar-refractivity contribution in [2.75, 3.05) is 13.1 Å². The predicted molar refractivity (Wildman–Crippen MR) is 148 cm³/mol. The van der Waals surface area contributed by atoms with Crippen LogP contribution in [-0.2, 0) is 29.7 Å². The Kier molecular flexibility index (Phi) is 7.53. The lowest BCUT2D eigenvalue weighted by Crippen LogP contribution is -2.46. The van der Waals surface area contributed by atoms with Crippen LogP contribution in [-0.4, -0.2) is 44.6 Å². The summed E-state index contributed by atoms with van der Waals surface area (Å²) in [6, 6.07) is 16.4. The molecule has 1 saturated carbocycles. The number of Topliss-reactive ketones (excluding diaryl/α,β-unsaturated/α-hetero) is 1. The van der Waals surface area contributed by atoms with E-state index in [4.69, 9.17) is 5.73 Å². The van der Waals surface area contributed by atoms with Gasteiger partial charge < -0.3 is 10.8 Å². The molecular formula is C31H35N5O3. The van der Waals surface area contributed by atoms with E-state index >= 15 is 0 Å². The minimum Gasteiger partial charge on any atom is -0.507 e. The molecule has 8 nitrogen and oxygen atoms in total. The van der Waals surface area contributed by atoms with Gasteiger partial charge in [-0.25, -0.2) is 0 Å². The number of nitrogens with two attached hydrogens (primary N) is 1. The van der Waals surface area contributed by atoms with Crippen LogP contribution < -0.4 is 5.73 Å². The van der Waals surface area contributed by atoms with E-state index < -0.39 is 11.4 Å². The van der Waals surface area contributed by atoms with E-state index in [1.165, 1.54) is 5.56 Å². The van der Waals surface area contributed by atoms with Gasteiger partial charge in [-0.1, -0.05) is 43.3 Å². The van der Waals surface area contributed by atoms with Crippen LogP contribution in [0.1, 0.15) is 66.2 Å². The van der Waals surface area contributed by atoms with E-state index in [-0.39, 0.29) is 35.9 Å². The monoisotopic (exact) mass is 525 g/mol. The average Bonchev–Trinajstić information content (AvgIpc) is 3.70. The van der Waals surface area contributed by atoms with Gasteiger partial charge in [-0.15, -0.1) is 0 Å². The molecule has 202 valence electrons. The number of nitriles is 1. The summed E-state index contributed by atoms with van der Waals surface area (Å²) in [5, 5.41) is 25.1. The van der Waals surface area contributed by atoms with Gasteiger partial charge in [0.2, 0.25) is 0 Å². The largest absolute Gasteiger partial charge is 0.507 e. The Labute approximate surface area is 229 Å². The zero-order chi connectivity index (χ0) is 27.6. The average molecular weight is 526 g/mol. The van der Waals surface area contributed by atoms with Crippen LogP contribution in [0.2, 0.25) is 0 Å². The standard InChI is InChI=1S/C31H35N5O3/c1-2-21-3-6-23(7-4-21)25-10-5-22(17-29(25)38)19-35-15-12-31(11-14-32,13-16-35)36-20-26(30(33)39)27(34-36)18-28(37)24-8-9-24/h3-7,10,17,20,24,38H,2,8-9,11-13,15-16,18-19H2,1H3,(H2,33,39). The van der Waals surface area contributed by atoms with E-state index in [0.717, 1.165) is 49.0 Å². The number of amides is 1. The Bertz CT molecular complexity index is 1410. The van der Waals surface area contributed by atoms with Crippen LogP contribution in [0.15, 0.2) is 48.7 Å². The van der Waals surface area contributed by atoms with Gasteiger partial charge in [0.25, 0.3) is 5.91 Å². The summed E-state index contributed by atoms with van der Waals surface area (Å²) >= 11 is 0. The van der Waals surface area contributed by atoms with E-state index in [9.17, 15) is 20.0 Å². The maximum absolute atomic E-state index is 12.4. The number of phenolic OH excluding ortho intramolecular Hbond substituents is 1. The normalized spacial score (nSPS) is 17.0. The molecule has 5 rings (SSSR count). The van der Waals surface area contributed by atoms with Crippen molar-refractivity contribution in [3.05, 3.63) is 71.0 Å². The van der Waals surface area contributed by atoms with Gasteiger partial charge in [-0.3, -0.25) is 19.2 Å². The number of rotatable bonds is 10. The van der Waals surface area contributed by atoms with Crippen LogP contribution in [0.5, 0.6) is 5.75 Å². The molecule has 0 unspecified atom stereocenters. The molecule has 1 amide bonds. The van der Waals surface area contributed by atoms with Crippen molar-refractivity contribution in [1.29, 1.82) is 5.26 Å². The second-order valence-corrected chi connectivity index (χ2v) is 11.0. The van der Waals surface area contributed by atoms with Crippen LogP contribution in [0, 0.1) is 17.2 Å². The van der Waals surface area contributed by atoms with Crippen molar-refractivity contribution in [2.24, 2.45) is 11.7 Å². The third kappa shape index (κ3) is 5.74. The number of nitrogens with zero attached hydrogens (tertiary/aromatic N) is 4. The zero-order valence-corrected chi connectivity index (χ0v) is 22.4. The predicted octanol–water partition coefficient (Wildman–Crippen LogP) is 4.34. The summed E-state index contributed by atoms with van der Waals surface area (Å²) in [5.74, 6) is -0.174. The summed E-state index contributed by atoms with van der Waals surface area (Å²) in [6.45, 7) is 4.25. The lowest BCUT2D eigenvalue weighted by molar-refractivity contribution is -0.119. The molecule has 2 aliphatic rings. The number of hydrogen-bond acceptors (Lipinski definition) is 6. The van der Waals surface area contributed by atoms with Crippen molar-refractivity contribution in [2.45, 2.75) is 64.0 Å². The molecule has 1 aromatic heterocycles. The molecule has 0 spiro atoms. The number of aromatic hydroxyl groups is 1. The smallest absolute Gasteiger partial charge is 0.252 e. The summed E-state index contributed by atoms with van der Waals surface area (Å²) in [4.78, 5) is 26.9. The van der Waals surface area contributed by atoms with E-state index in [1.54, 1.807) is 10.9 Å². The number of carbonyl (C=O) groups excluding carboxylic acids is 2. The second kappa shape index (κ2) is 11.0. The molecule has 39 heavy (non-hydrogen) atoms. The number of primary amides is 1.